The highest BCUT2D eigenvalue weighted by Crippen LogP contribution is 2.06. The molecule has 0 heterocycles. The van der Waals surface area contributed by atoms with Gasteiger partial charge in [-0.15, -0.1) is 0 Å². The normalized spacial score (nSPS) is 15.1. The fourth-order valence-corrected chi connectivity index (χ4v) is 1.19. The minimum atomic E-state index is -1.54. The molecule has 0 aromatic heterocycles. The fourth-order valence-electron chi connectivity index (χ4n) is 1.19. The molecule has 0 aliphatic rings. The van der Waals surface area contributed by atoms with Gasteiger partial charge in [0.15, 0.2) is 0 Å². The molecule has 0 bridgehead atoms. The minimum Gasteiger partial charge on any atom is -0.481 e. The van der Waals surface area contributed by atoms with Crippen LogP contribution in [0.15, 0.2) is 0 Å². The molecule has 0 spiro atoms. The summed E-state index contributed by atoms with van der Waals surface area (Å²) in [5, 5.41) is 25.1. The molecule has 8 nitrogen and oxygen atoms in total. The summed E-state index contributed by atoms with van der Waals surface area (Å²) in [4.78, 5) is 32.9. The first-order chi connectivity index (χ1) is 8.18. The van der Waals surface area contributed by atoms with E-state index in [0.717, 1.165) is 0 Å². The van der Waals surface area contributed by atoms with Crippen LogP contribution >= 0.6 is 0 Å². The summed E-state index contributed by atoms with van der Waals surface area (Å²) < 4.78 is 0. The molecule has 0 rings (SSSR count). The summed E-state index contributed by atoms with van der Waals surface area (Å²) in [5.41, 5.74) is -1.54. The number of rotatable bonds is 6. The van der Waals surface area contributed by atoms with E-state index in [4.69, 9.17) is 5.11 Å². The van der Waals surface area contributed by atoms with Gasteiger partial charge in [-0.25, -0.2) is 4.79 Å². The van der Waals surface area contributed by atoms with E-state index in [2.05, 4.69) is 16.0 Å². The Hall–Kier alpha value is -1.83. The molecule has 0 saturated heterocycles. The SMILES string of the molecule is CNC(=O)C(C)NC(=O)NCC(C)(O)CC(=O)O. The second-order valence-corrected chi connectivity index (χ2v) is 4.23. The molecule has 0 aromatic carbocycles. The largest absolute Gasteiger partial charge is 0.481 e. The molecule has 0 aliphatic carbocycles. The molecule has 3 amide bonds. The Labute approximate surface area is 105 Å². The van der Waals surface area contributed by atoms with Gasteiger partial charge in [0.1, 0.15) is 6.04 Å². The summed E-state index contributed by atoms with van der Waals surface area (Å²) in [6, 6.07) is -1.38. The third-order valence-electron chi connectivity index (χ3n) is 2.15. The lowest BCUT2D eigenvalue weighted by molar-refractivity contribution is -0.141. The zero-order valence-corrected chi connectivity index (χ0v) is 10.6. The third-order valence-corrected chi connectivity index (χ3v) is 2.15. The monoisotopic (exact) mass is 261 g/mol. The van der Waals surface area contributed by atoms with Crippen molar-refractivity contribution in [3.8, 4) is 0 Å². The van der Waals surface area contributed by atoms with E-state index in [-0.39, 0.29) is 12.5 Å². The highest BCUT2D eigenvalue weighted by atomic mass is 16.4. The number of urea groups is 1. The van der Waals surface area contributed by atoms with E-state index in [1.165, 1.54) is 20.9 Å². The Bertz CT molecular complexity index is 329. The number of carboxylic acid groups (broad SMARTS) is 1. The molecule has 2 atom stereocenters. The van der Waals surface area contributed by atoms with Crippen molar-refractivity contribution >= 4 is 17.9 Å². The van der Waals surface area contributed by atoms with E-state index in [0.29, 0.717) is 0 Å². The number of hydrogen-bond donors (Lipinski definition) is 5. The lowest BCUT2D eigenvalue weighted by Crippen LogP contribution is -2.51. The van der Waals surface area contributed by atoms with Gasteiger partial charge >= 0.3 is 12.0 Å². The van der Waals surface area contributed by atoms with Crippen molar-refractivity contribution in [2.24, 2.45) is 0 Å². The molecule has 5 N–H and O–H groups in total. The maximum Gasteiger partial charge on any atom is 0.315 e. The smallest absolute Gasteiger partial charge is 0.315 e. The predicted molar refractivity (Wildman–Crippen MR) is 62.9 cm³/mol. The Kier molecular flexibility index (Phi) is 6.11. The number of carbonyl (C=O) groups is 3. The molecule has 2 unspecified atom stereocenters. The third kappa shape index (κ3) is 6.69. The molecule has 0 fully saturated rings. The van der Waals surface area contributed by atoms with Crippen LogP contribution < -0.4 is 16.0 Å². The summed E-state index contributed by atoms with van der Waals surface area (Å²) in [6.07, 6.45) is -0.488. The van der Waals surface area contributed by atoms with Gasteiger partial charge in [0.25, 0.3) is 0 Å². The number of carboxylic acids is 1. The zero-order valence-electron chi connectivity index (χ0n) is 10.6. The van der Waals surface area contributed by atoms with Crippen molar-refractivity contribution in [3.05, 3.63) is 0 Å². The number of aliphatic carboxylic acids is 1. The number of amides is 3. The molecule has 18 heavy (non-hydrogen) atoms. The average Bonchev–Trinajstić information content (AvgIpc) is 2.23. The van der Waals surface area contributed by atoms with Crippen molar-refractivity contribution in [3.63, 3.8) is 0 Å². The first-order valence-corrected chi connectivity index (χ1v) is 5.38. The highest BCUT2D eigenvalue weighted by molar-refractivity contribution is 5.86. The van der Waals surface area contributed by atoms with E-state index >= 15 is 0 Å². The van der Waals surface area contributed by atoms with Crippen LogP contribution in [0.3, 0.4) is 0 Å². The average molecular weight is 261 g/mol. The standard InChI is InChI=1S/C10H19N3O5/c1-6(8(16)11-3)13-9(17)12-5-10(2,18)4-7(14)15/h6,18H,4-5H2,1-3H3,(H,11,16)(H,14,15)(H2,12,13,17). The van der Waals surface area contributed by atoms with Crippen LogP contribution in [-0.4, -0.2) is 53.4 Å². The van der Waals surface area contributed by atoms with Gasteiger partial charge in [-0.05, 0) is 13.8 Å². The van der Waals surface area contributed by atoms with Crippen LogP contribution in [0.1, 0.15) is 20.3 Å². The van der Waals surface area contributed by atoms with Gasteiger partial charge in [0.2, 0.25) is 5.91 Å². The van der Waals surface area contributed by atoms with Crippen molar-refractivity contribution in [2.45, 2.75) is 31.9 Å². The van der Waals surface area contributed by atoms with Gasteiger partial charge < -0.3 is 26.2 Å². The maximum atomic E-state index is 11.3. The van der Waals surface area contributed by atoms with Gasteiger partial charge in [-0.3, -0.25) is 9.59 Å². The van der Waals surface area contributed by atoms with Crippen LogP contribution in [0.25, 0.3) is 0 Å². The first kappa shape index (κ1) is 16.2. The summed E-state index contributed by atoms with van der Waals surface area (Å²) in [7, 11) is 1.44. The van der Waals surface area contributed by atoms with Gasteiger partial charge in [0, 0.05) is 13.6 Å². The molecule has 0 aliphatic heterocycles. The zero-order chi connectivity index (χ0) is 14.3. The van der Waals surface area contributed by atoms with Crippen LogP contribution in [0.5, 0.6) is 0 Å². The van der Waals surface area contributed by atoms with E-state index in [9.17, 15) is 19.5 Å². The number of nitrogens with one attached hydrogen (secondary N) is 3. The van der Waals surface area contributed by atoms with Crippen LogP contribution in [0.4, 0.5) is 4.79 Å². The maximum absolute atomic E-state index is 11.3. The van der Waals surface area contributed by atoms with Crippen LogP contribution in [-0.2, 0) is 9.59 Å². The van der Waals surface area contributed by atoms with Crippen LogP contribution in [0.2, 0.25) is 0 Å². The number of hydrogen-bond acceptors (Lipinski definition) is 4. The Morgan fingerprint density at radius 3 is 2.33 bits per heavy atom. The van der Waals surface area contributed by atoms with E-state index in [1.807, 2.05) is 0 Å². The topological polar surface area (TPSA) is 128 Å². The molecule has 0 aromatic rings. The Morgan fingerprint density at radius 2 is 1.89 bits per heavy atom. The van der Waals surface area contributed by atoms with Crippen molar-refractivity contribution in [1.29, 1.82) is 0 Å². The molecular weight excluding hydrogens is 242 g/mol. The molecule has 0 saturated carbocycles. The Balaban J connectivity index is 4.11. The first-order valence-electron chi connectivity index (χ1n) is 5.38. The van der Waals surface area contributed by atoms with E-state index < -0.39 is 30.1 Å². The number of aliphatic hydroxyl groups is 1. The Morgan fingerprint density at radius 1 is 1.33 bits per heavy atom. The minimum absolute atomic E-state index is 0.231. The quantitative estimate of drug-likeness (QED) is 0.404. The van der Waals surface area contributed by atoms with Crippen molar-refractivity contribution < 1.29 is 24.6 Å². The summed E-state index contributed by atoms with van der Waals surface area (Å²) in [5.74, 6) is -1.52. The predicted octanol–water partition coefficient (Wildman–Crippen LogP) is -1.35. The second-order valence-electron chi connectivity index (χ2n) is 4.23. The molecular formula is C10H19N3O5. The van der Waals surface area contributed by atoms with E-state index in [1.54, 1.807) is 0 Å². The highest BCUT2D eigenvalue weighted by Gasteiger charge is 2.25. The lowest BCUT2D eigenvalue weighted by atomic mass is 10.0. The number of likely N-dealkylation sites (N-methyl/N-ethyl adjacent to an activating group) is 1. The molecule has 104 valence electrons. The summed E-state index contributed by atoms with van der Waals surface area (Å²) >= 11 is 0. The van der Waals surface area contributed by atoms with Gasteiger partial charge in [-0.2, -0.15) is 0 Å². The van der Waals surface area contributed by atoms with Crippen LogP contribution in [0, 0.1) is 0 Å². The fraction of sp³-hybridized carbons (Fsp3) is 0.700. The van der Waals surface area contributed by atoms with Gasteiger partial charge in [-0.1, -0.05) is 0 Å². The van der Waals surface area contributed by atoms with Crippen molar-refractivity contribution in [1.82, 2.24) is 16.0 Å². The number of carbonyl (C=O) groups excluding carboxylic acids is 2. The molecule has 0 radical (unpaired) electrons. The van der Waals surface area contributed by atoms with Crippen molar-refractivity contribution in [2.75, 3.05) is 13.6 Å². The summed E-state index contributed by atoms with van der Waals surface area (Å²) in [6.45, 7) is 2.56. The second kappa shape index (κ2) is 6.80. The van der Waals surface area contributed by atoms with Gasteiger partial charge in [0.05, 0.1) is 12.0 Å². The lowest BCUT2D eigenvalue weighted by Gasteiger charge is -2.22. The molecule has 8 heteroatoms.